The quantitative estimate of drug-likeness (QED) is 0.200. The molecule has 1 amide bonds. The Morgan fingerprint density at radius 3 is 2.29 bits per heavy atom. The van der Waals surface area contributed by atoms with Gasteiger partial charge in [-0.2, -0.15) is 0 Å². The van der Waals surface area contributed by atoms with E-state index in [1.54, 1.807) is 12.1 Å². The molecule has 10 nitrogen and oxygen atoms in total. The van der Waals surface area contributed by atoms with Gasteiger partial charge in [-0.25, -0.2) is 9.59 Å². The minimum absolute atomic E-state index is 0.0859. The zero-order valence-corrected chi connectivity index (χ0v) is 24.0. The number of ether oxygens (including phenoxy) is 3. The first-order valence-corrected chi connectivity index (χ1v) is 13.4. The van der Waals surface area contributed by atoms with Crippen LogP contribution in [-0.4, -0.2) is 46.7 Å². The van der Waals surface area contributed by atoms with E-state index in [2.05, 4.69) is 15.6 Å². The summed E-state index contributed by atoms with van der Waals surface area (Å²) in [6, 6.07) is 23.0. The Morgan fingerprint density at radius 1 is 0.902 bits per heavy atom. The molecular weight excluding hydrogens is 524 g/mol. The molecule has 1 unspecified atom stereocenters. The molecule has 1 aromatic heterocycles. The van der Waals surface area contributed by atoms with Crippen LogP contribution in [0.3, 0.4) is 0 Å². The number of benzene rings is 3. The predicted molar refractivity (Wildman–Crippen MR) is 153 cm³/mol. The average molecular weight is 561 g/mol. The number of amides is 1. The van der Waals surface area contributed by atoms with Gasteiger partial charge in [-0.3, -0.25) is 0 Å². The van der Waals surface area contributed by atoms with Gasteiger partial charge in [0.2, 0.25) is 0 Å². The Kier molecular flexibility index (Phi) is 9.11. The predicted octanol–water partition coefficient (Wildman–Crippen LogP) is 5.06. The van der Waals surface area contributed by atoms with Crippen LogP contribution in [0.1, 0.15) is 45.7 Å². The summed E-state index contributed by atoms with van der Waals surface area (Å²) in [4.78, 5) is 32.8. The lowest BCUT2D eigenvalue weighted by Crippen LogP contribution is -2.46. The zero-order valence-electron chi connectivity index (χ0n) is 24.0. The number of para-hydroxylation sites is 1. The maximum atomic E-state index is 13.3. The van der Waals surface area contributed by atoms with Crippen LogP contribution < -0.4 is 14.9 Å². The summed E-state index contributed by atoms with van der Waals surface area (Å²) >= 11 is 0. The monoisotopic (exact) mass is 560 g/mol. The number of alkyl carbamates (subject to hydrolysis) is 1. The minimum Gasteiger partial charge on any atom is -0.455 e. The van der Waals surface area contributed by atoms with Crippen LogP contribution in [0.15, 0.2) is 78.9 Å². The number of carbonyl (C=O) groups is 2. The topological polar surface area (TPSA) is 114 Å². The molecule has 41 heavy (non-hydrogen) atoms. The normalized spacial score (nSPS) is 12.4. The second kappa shape index (κ2) is 12.7. The van der Waals surface area contributed by atoms with E-state index in [4.69, 9.17) is 19.0 Å². The van der Waals surface area contributed by atoms with Gasteiger partial charge < -0.3 is 24.4 Å². The second-order valence-corrected chi connectivity index (χ2v) is 11.3. The van der Waals surface area contributed by atoms with Crippen LogP contribution in [0, 0.1) is 5.41 Å². The van der Waals surface area contributed by atoms with Crippen molar-refractivity contribution in [2.24, 2.45) is 5.41 Å². The first kappa shape index (κ1) is 29.4. The van der Waals surface area contributed by atoms with Crippen molar-refractivity contribution in [3.05, 3.63) is 90.0 Å². The van der Waals surface area contributed by atoms with E-state index in [0.29, 0.717) is 11.3 Å². The first-order valence-electron chi connectivity index (χ1n) is 13.4. The van der Waals surface area contributed by atoms with Crippen molar-refractivity contribution in [1.82, 2.24) is 20.5 Å². The van der Waals surface area contributed by atoms with E-state index < -0.39 is 23.7 Å². The number of fused-ring (bicyclic) bond motifs is 1. The lowest BCUT2D eigenvalue weighted by atomic mass is 9.98. The third kappa shape index (κ3) is 8.44. The maximum Gasteiger partial charge on any atom is 0.407 e. The largest absolute Gasteiger partial charge is 0.455 e. The van der Waals surface area contributed by atoms with Gasteiger partial charge in [0.25, 0.3) is 6.79 Å². The highest BCUT2D eigenvalue weighted by Gasteiger charge is 2.31. The van der Waals surface area contributed by atoms with Crippen molar-refractivity contribution in [1.29, 1.82) is 0 Å². The fourth-order valence-corrected chi connectivity index (χ4v) is 3.92. The van der Waals surface area contributed by atoms with Gasteiger partial charge in [0.1, 0.15) is 28.4 Å². The van der Waals surface area contributed by atoms with Crippen LogP contribution >= 0.6 is 0 Å². The molecule has 10 heteroatoms. The molecule has 0 bridgehead atoms. The molecule has 1 atom stereocenters. The lowest BCUT2D eigenvalue weighted by molar-refractivity contribution is -0.160. The Balaban J connectivity index is 1.39. The van der Waals surface area contributed by atoms with Gasteiger partial charge in [0, 0.05) is 6.42 Å². The van der Waals surface area contributed by atoms with Gasteiger partial charge in [-0.15, -0.1) is 5.10 Å². The molecule has 4 rings (SSSR count). The minimum atomic E-state index is -0.971. The van der Waals surface area contributed by atoms with Gasteiger partial charge >= 0.3 is 12.1 Å². The molecule has 4 aromatic rings. The van der Waals surface area contributed by atoms with E-state index in [1.165, 1.54) is 4.85 Å². The van der Waals surface area contributed by atoms with Crippen molar-refractivity contribution in [3.63, 3.8) is 0 Å². The molecule has 1 heterocycles. The van der Waals surface area contributed by atoms with Crippen LogP contribution in [0.4, 0.5) is 4.79 Å². The van der Waals surface area contributed by atoms with Gasteiger partial charge in [0.15, 0.2) is 0 Å². The number of nitrogens with one attached hydrogen (secondary N) is 1. The summed E-state index contributed by atoms with van der Waals surface area (Å²) in [5.41, 5.74) is 1.95. The second-order valence-electron chi connectivity index (χ2n) is 11.3. The summed E-state index contributed by atoms with van der Waals surface area (Å²) < 4.78 is 16.9. The molecule has 0 saturated heterocycles. The summed E-state index contributed by atoms with van der Waals surface area (Å²) in [6.45, 7) is 9.61. The smallest absolute Gasteiger partial charge is 0.407 e. The number of aromatic nitrogens is 3. The summed E-state index contributed by atoms with van der Waals surface area (Å²) in [7, 11) is 0. The van der Waals surface area contributed by atoms with E-state index >= 15 is 0 Å². The SMILES string of the molecule is CC(C)(C)COC(=O)NC(Cc1ccc(OCOn2nnc3ccccc32)cc1)C(=O)OC(C)(C)c1ccccc1. The average Bonchev–Trinajstić information content (AvgIpc) is 3.35. The third-order valence-corrected chi connectivity index (χ3v) is 6.12. The number of nitrogens with zero attached hydrogens (tertiary/aromatic N) is 3. The van der Waals surface area contributed by atoms with E-state index in [-0.39, 0.29) is 25.2 Å². The van der Waals surface area contributed by atoms with Crippen molar-refractivity contribution in [2.75, 3.05) is 13.4 Å². The molecular formula is C31H36N4O6. The van der Waals surface area contributed by atoms with Gasteiger partial charge in [-0.05, 0) is 59.9 Å². The highest BCUT2D eigenvalue weighted by Crippen LogP contribution is 2.25. The standard InChI is InChI=1S/C31H36N4O6/c1-30(2,3)20-38-29(37)32-26(28(36)41-31(4,5)23-11-7-6-8-12-23)19-22-15-17-24(18-16-22)39-21-40-35-27-14-10-9-13-25(27)33-34-35/h6-18,26H,19-21H2,1-5H3,(H,32,37). The lowest BCUT2D eigenvalue weighted by Gasteiger charge is -2.28. The van der Waals surface area contributed by atoms with E-state index in [9.17, 15) is 9.59 Å². The number of hydrogen-bond acceptors (Lipinski definition) is 8. The van der Waals surface area contributed by atoms with Crippen LogP contribution in [-0.2, 0) is 26.3 Å². The third-order valence-electron chi connectivity index (χ3n) is 6.12. The molecule has 0 saturated carbocycles. The molecule has 0 aliphatic rings. The molecule has 0 fully saturated rings. The van der Waals surface area contributed by atoms with Crippen LogP contribution in [0.25, 0.3) is 11.0 Å². The number of hydrogen-bond donors (Lipinski definition) is 1. The summed E-state index contributed by atoms with van der Waals surface area (Å²) in [6.07, 6.45) is -0.493. The molecule has 0 spiro atoms. The molecule has 0 aliphatic heterocycles. The number of carbonyl (C=O) groups excluding carboxylic acids is 2. The highest BCUT2D eigenvalue weighted by atomic mass is 16.8. The van der Waals surface area contributed by atoms with Crippen molar-refractivity contribution >= 4 is 23.1 Å². The fourth-order valence-electron chi connectivity index (χ4n) is 3.92. The maximum absolute atomic E-state index is 13.3. The van der Waals surface area contributed by atoms with Crippen LogP contribution in [0.2, 0.25) is 0 Å². The fraction of sp³-hybridized carbons (Fsp3) is 0.355. The molecule has 0 aliphatic carbocycles. The Labute approximate surface area is 239 Å². The van der Waals surface area contributed by atoms with E-state index in [1.807, 2.05) is 101 Å². The molecule has 216 valence electrons. The highest BCUT2D eigenvalue weighted by molar-refractivity contribution is 5.82. The number of rotatable bonds is 11. The van der Waals surface area contributed by atoms with Crippen molar-refractivity contribution in [2.45, 2.75) is 52.7 Å². The van der Waals surface area contributed by atoms with Crippen molar-refractivity contribution in [3.8, 4) is 5.75 Å². The van der Waals surface area contributed by atoms with Crippen molar-refractivity contribution < 1.29 is 28.6 Å². The Hall–Kier alpha value is -4.60. The molecule has 0 radical (unpaired) electrons. The van der Waals surface area contributed by atoms with Gasteiger partial charge in [0.05, 0.1) is 6.61 Å². The number of esters is 1. The molecule has 1 N–H and O–H groups in total. The molecule has 3 aromatic carbocycles. The van der Waals surface area contributed by atoms with Crippen LogP contribution in [0.5, 0.6) is 5.75 Å². The Morgan fingerprint density at radius 2 is 1.59 bits per heavy atom. The first-order chi connectivity index (χ1) is 19.5. The van der Waals surface area contributed by atoms with E-state index in [0.717, 1.165) is 16.6 Å². The Bertz CT molecular complexity index is 1450. The summed E-state index contributed by atoms with van der Waals surface area (Å²) in [5.74, 6) is -0.0135. The van der Waals surface area contributed by atoms with Gasteiger partial charge in [-0.1, -0.05) is 80.2 Å². The summed E-state index contributed by atoms with van der Waals surface area (Å²) in [5, 5.41) is 10.7. The zero-order chi connectivity index (χ0) is 29.5.